The van der Waals surface area contributed by atoms with Crippen molar-refractivity contribution in [2.24, 2.45) is 5.92 Å². The van der Waals surface area contributed by atoms with Crippen molar-refractivity contribution in [2.75, 3.05) is 32.1 Å². The van der Waals surface area contributed by atoms with Crippen molar-refractivity contribution < 1.29 is 46.6 Å². The van der Waals surface area contributed by atoms with Gasteiger partial charge in [0.05, 0.1) is 18.6 Å². The second kappa shape index (κ2) is 14.4. The van der Waals surface area contributed by atoms with Crippen molar-refractivity contribution in [2.45, 2.75) is 70.1 Å². The zero-order chi connectivity index (χ0) is 32.9. The molecule has 1 aromatic carbocycles. The molecule has 3 heterocycles. The lowest BCUT2D eigenvalue weighted by molar-refractivity contribution is -0.149. The number of aliphatic hydroxyl groups is 1. The van der Waals surface area contributed by atoms with Crippen LogP contribution in [0.1, 0.15) is 39.8 Å². The number of ether oxygens (including phenoxy) is 2. The molecule has 0 spiro atoms. The molecular weight excluding hydrogens is 619 g/mol. The third-order valence-corrected chi connectivity index (χ3v) is 8.79. The number of amides is 1. The highest BCUT2D eigenvalue weighted by Crippen LogP contribution is 2.48. The van der Waals surface area contributed by atoms with Gasteiger partial charge in [0.15, 0.2) is 6.10 Å². The van der Waals surface area contributed by atoms with Crippen LogP contribution in [-0.4, -0.2) is 88.5 Å². The van der Waals surface area contributed by atoms with Gasteiger partial charge in [-0.1, -0.05) is 18.2 Å². The highest BCUT2D eigenvalue weighted by atomic mass is 31.2. The lowest BCUT2D eigenvalue weighted by atomic mass is 9.98. The third-order valence-electron chi connectivity index (χ3n) is 7.14. The summed E-state index contributed by atoms with van der Waals surface area (Å²) in [5.41, 5.74) is -1.16. The van der Waals surface area contributed by atoms with Crippen molar-refractivity contribution in [1.82, 2.24) is 19.5 Å². The van der Waals surface area contributed by atoms with Gasteiger partial charge in [-0.2, -0.15) is 18.9 Å². The standard InChI is InChI=1S/C28H38F2N5O9P/c1-17(2)42-25(38)18(3)33-45(40,44-20-10-6-5-7-11-20)41-16-21-23(36)28(29,30)26(43-21)35-14-12-22(32-27(35)39)31-24(37)19-9-8-13-34(4)15-19/h5-7,10-12,14,17-19,21,23,26,36H,8-9,13,15-16H2,1-4H3,(H,33,40)(H,31,32,37,39)/t18-,19?,21+,23+,26+,45?/m0/s1. The molecule has 0 radical (unpaired) electrons. The van der Waals surface area contributed by atoms with Crippen LogP contribution in [0.5, 0.6) is 5.75 Å². The Labute approximate surface area is 258 Å². The van der Waals surface area contributed by atoms with E-state index in [1.807, 2.05) is 11.9 Å². The molecule has 14 nitrogen and oxygen atoms in total. The van der Waals surface area contributed by atoms with Crippen LogP contribution in [0.2, 0.25) is 0 Å². The number of likely N-dealkylation sites (tertiary alicyclic amines) is 1. The maximum absolute atomic E-state index is 15.2. The molecular formula is C28H38F2N5O9P. The Morgan fingerprint density at radius 1 is 1.22 bits per heavy atom. The van der Waals surface area contributed by atoms with Gasteiger partial charge in [-0.25, -0.2) is 9.36 Å². The van der Waals surface area contributed by atoms with E-state index in [2.05, 4.69) is 15.4 Å². The molecule has 248 valence electrons. The molecule has 3 N–H and O–H groups in total. The normalized spacial score (nSPS) is 25.3. The maximum Gasteiger partial charge on any atom is 0.459 e. The number of alkyl halides is 2. The second-order valence-electron chi connectivity index (χ2n) is 11.3. The average Bonchev–Trinajstić information content (AvgIpc) is 3.19. The summed E-state index contributed by atoms with van der Waals surface area (Å²) in [5.74, 6) is -5.48. The molecule has 45 heavy (non-hydrogen) atoms. The fourth-order valence-electron chi connectivity index (χ4n) is 4.88. The molecule has 2 fully saturated rings. The SMILES string of the molecule is CC(C)OC(=O)[C@H](C)NP(=O)(OC[C@H]1O[C@@H](n2ccc(NC(=O)C3CCCN(C)C3)nc2=O)C(F)(F)[C@@H]1O)Oc1ccccc1. The molecule has 4 rings (SSSR count). The highest BCUT2D eigenvalue weighted by molar-refractivity contribution is 7.52. The lowest BCUT2D eigenvalue weighted by Gasteiger charge is -2.28. The van der Waals surface area contributed by atoms with Crippen LogP contribution in [0.4, 0.5) is 14.6 Å². The highest BCUT2D eigenvalue weighted by Gasteiger charge is 2.60. The summed E-state index contributed by atoms with van der Waals surface area (Å²) in [7, 11) is -2.57. The van der Waals surface area contributed by atoms with Crippen LogP contribution < -0.4 is 20.6 Å². The molecule has 6 atom stereocenters. The molecule has 2 aliphatic heterocycles. The first kappa shape index (κ1) is 34.6. The molecule has 2 unspecified atom stereocenters. The number of benzene rings is 1. The summed E-state index contributed by atoms with van der Waals surface area (Å²) in [6.45, 7) is 5.11. The zero-order valence-corrected chi connectivity index (χ0v) is 26.2. The van der Waals surface area contributed by atoms with E-state index in [4.69, 9.17) is 18.5 Å². The second-order valence-corrected chi connectivity index (χ2v) is 13.0. The molecule has 17 heteroatoms. The predicted octanol–water partition coefficient (Wildman–Crippen LogP) is 2.55. The Balaban J connectivity index is 1.46. The van der Waals surface area contributed by atoms with Gasteiger partial charge in [-0.3, -0.25) is 18.7 Å². The summed E-state index contributed by atoms with van der Waals surface area (Å²) < 4.78 is 66.0. The van der Waals surface area contributed by atoms with Crippen LogP contribution in [-0.2, 0) is 28.2 Å². The number of rotatable bonds is 12. The first-order chi connectivity index (χ1) is 21.2. The van der Waals surface area contributed by atoms with E-state index in [-0.39, 0.29) is 23.4 Å². The van der Waals surface area contributed by atoms with Crippen LogP contribution in [0, 0.1) is 5.92 Å². The summed E-state index contributed by atoms with van der Waals surface area (Å²) >= 11 is 0. The number of nitrogens with one attached hydrogen (secondary N) is 2. The quantitative estimate of drug-likeness (QED) is 0.226. The molecule has 2 saturated heterocycles. The first-order valence-corrected chi connectivity index (χ1v) is 16.0. The van der Waals surface area contributed by atoms with Gasteiger partial charge < -0.3 is 29.3 Å². The number of anilines is 1. The fourth-order valence-corrected chi connectivity index (χ4v) is 6.38. The molecule has 1 aromatic heterocycles. The molecule has 0 aliphatic carbocycles. The first-order valence-electron chi connectivity index (χ1n) is 14.5. The summed E-state index contributed by atoms with van der Waals surface area (Å²) in [6.07, 6.45) is -4.59. The molecule has 0 saturated carbocycles. The monoisotopic (exact) mass is 657 g/mol. The molecule has 1 amide bonds. The molecule has 2 aliphatic rings. The zero-order valence-electron chi connectivity index (χ0n) is 25.3. The summed E-state index contributed by atoms with van der Waals surface area (Å²) in [6, 6.07) is 7.73. The molecule has 2 aromatic rings. The van der Waals surface area contributed by atoms with E-state index in [1.54, 1.807) is 32.0 Å². The van der Waals surface area contributed by atoms with Crippen LogP contribution in [0.3, 0.4) is 0 Å². The Morgan fingerprint density at radius 3 is 2.58 bits per heavy atom. The number of halogens is 2. The van der Waals surface area contributed by atoms with Gasteiger partial charge in [0, 0.05) is 12.7 Å². The van der Waals surface area contributed by atoms with Crippen LogP contribution >= 0.6 is 7.75 Å². The van der Waals surface area contributed by atoms with Crippen molar-refractivity contribution in [1.29, 1.82) is 0 Å². The minimum Gasteiger partial charge on any atom is -0.462 e. The Kier molecular flexibility index (Phi) is 11.1. The van der Waals surface area contributed by atoms with Gasteiger partial charge in [0.1, 0.15) is 23.7 Å². The van der Waals surface area contributed by atoms with Crippen molar-refractivity contribution in [3.63, 3.8) is 0 Å². The lowest BCUT2D eigenvalue weighted by Crippen LogP contribution is -2.42. The fraction of sp³-hybridized carbons (Fsp3) is 0.571. The number of nitrogens with zero attached hydrogens (tertiary/aromatic N) is 3. The van der Waals surface area contributed by atoms with Crippen LogP contribution in [0.15, 0.2) is 47.4 Å². The summed E-state index contributed by atoms with van der Waals surface area (Å²) in [4.78, 5) is 43.5. The number of esters is 1. The minimum atomic E-state index is -4.46. The maximum atomic E-state index is 15.2. The molecule has 0 bridgehead atoms. The number of piperidine rings is 1. The van der Waals surface area contributed by atoms with Crippen molar-refractivity contribution in [3.05, 3.63) is 53.1 Å². The van der Waals surface area contributed by atoms with Crippen molar-refractivity contribution in [3.8, 4) is 5.75 Å². The summed E-state index contributed by atoms with van der Waals surface area (Å²) in [5, 5.41) is 15.4. The number of carbonyl (C=O) groups is 2. The number of carbonyl (C=O) groups excluding carboxylic acids is 2. The number of hydrogen-bond acceptors (Lipinski definition) is 11. The smallest absolute Gasteiger partial charge is 0.459 e. The predicted molar refractivity (Wildman–Crippen MR) is 157 cm³/mol. The Morgan fingerprint density at radius 2 is 1.93 bits per heavy atom. The van der Waals surface area contributed by atoms with Gasteiger partial charge in [-0.15, -0.1) is 0 Å². The Bertz CT molecular complexity index is 1450. The average molecular weight is 658 g/mol. The van der Waals surface area contributed by atoms with Gasteiger partial charge in [0.25, 0.3) is 0 Å². The van der Waals surface area contributed by atoms with E-state index < -0.39 is 62.5 Å². The van der Waals surface area contributed by atoms with Gasteiger partial charge in [0.2, 0.25) is 12.1 Å². The topological polar surface area (TPSA) is 171 Å². The number of para-hydroxylation sites is 1. The largest absolute Gasteiger partial charge is 0.462 e. The number of hydrogen-bond donors (Lipinski definition) is 3. The van der Waals surface area contributed by atoms with E-state index in [9.17, 15) is 24.1 Å². The van der Waals surface area contributed by atoms with E-state index in [0.717, 1.165) is 19.2 Å². The minimum absolute atomic E-state index is 0.0779. The Hall–Kier alpha value is -3.27. The number of aliphatic hydroxyl groups excluding tert-OH is 1. The van der Waals surface area contributed by atoms with Gasteiger partial charge >= 0.3 is 25.3 Å². The number of aromatic nitrogens is 2. The van der Waals surface area contributed by atoms with Crippen molar-refractivity contribution >= 4 is 25.4 Å². The third kappa shape index (κ3) is 8.71. The van der Waals surface area contributed by atoms with Crippen LogP contribution in [0.25, 0.3) is 0 Å². The van der Waals surface area contributed by atoms with E-state index in [1.165, 1.54) is 25.1 Å². The van der Waals surface area contributed by atoms with E-state index >= 15 is 8.78 Å². The van der Waals surface area contributed by atoms with E-state index in [0.29, 0.717) is 17.5 Å². The van der Waals surface area contributed by atoms with Gasteiger partial charge in [-0.05, 0) is 65.4 Å².